The summed E-state index contributed by atoms with van der Waals surface area (Å²) in [4.78, 5) is 31.8. The average molecular weight is 612 g/mol. The zero-order chi connectivity index (χ0) is 30.9. The van der Waals surface area contributed by atoms with E-state index in [0.717, 1.165) is 69.5 Å². The summed E-state index contributed by atoms with van der Waals surface area (Å²) in [5.74, 6) is 0.540. The van der Waals surface area contributed by atoms with E-state index in [1.165, 1.54) is 0 Å². The van der Waals surface area contributed by atoms with Crippen molar-refractivity contribution in [2.45, 2.75) is 89.7 Å². The lowest BCUT2D eigenvalue weighted by Gasteiger charge is -2.47. The molecule has 3 unspecified atom stereocenters. The quantitative estimate of drug-likeness (QED) is 0.332. The molecule has 9 heteroatoms. The maximum absolute atomic E-state index is 13.2. The smallest absolute Gasteiger partial charge is 0.222 e. The van der Waals surface area contributed by atoms with Crippen LogP contribution in [-0.2, 0) is 16.0 Å². The Balaban J connectivity index is 1.40. The summed E-state index contributed by atoms with van der Waals surface area (Å²) < 4.78 is 0. The second-order valence-corrected chi connectivity index (χ2v) is 13.2. The largest absolute Gasteiger partial charge is 0.376 e. The number of carbonyl (C=O) groups excluding carboxylic acids is 2. The highest BCUT2D eigenvalue weighted by Gasteiger charge is 2.36. The van der Waals surface area contributed by atoms with Gasteiger partial charge in [0.2, 0.25) is 11.8 Å². The van der Waals surface area contributed by atoms with Gasteiger partial charge >= 0.3 is 0 Å². The zero-order valence-electron chi connectivity index (χ0n) is 26.0. The highest BCUT2D eigenvalue weighted by Crippen LogP contribution is 2.27. The molecular formula is C34H50ClN5O3. The van der Waals surface area contributed by atoms with Crippen LogP contribution in [0.5, 0.6) is 0 Å². The van der Waals surface area contributed by atoms with Crippen LogP contribution in [0.25, 0.3) is 0 Å². The number of nitrogens with two attached hydrogens (primary N) is 1. The van der Waals surface area contributed by atoms with Gasteiger partial charge in [-0.15, -0.1) is 0 Å². The van der Waals surface area contributed by atoms with Gasteiger partial charge in [0, 0.05) is 69.2 Å². The van der Waals surface area contributed by atoms with Gasteiger partial charge in [0.1, 0.15) is 6.23 Å². The molecule has 0 aromatic heterocycles. The fraction of sp³-hybridized carbons (Fsp3) is 0.588. The molecule has 3 atom stereocenters. The Hall–Kier alpha value is -2.49. The number of nitrogens with zero attached hydrogens (tertiary/aromatic N) is 3. The molecule has 0 saturated carbocycles. The lowest BCUT2D eigenvalue weighted by Crippen LogP contribution is -2.58. The Bertz CT molecular complexity index is 1150. The van der Waals surface area contributed by atoms with Crippen LogP contribution in [-0.4, -0.2) is 88.7 Å². The number of hydrogen-bond acceptors (Lipinski definition) is 6. The molecule has 2 aromatic carbocycles. The van der Waals surface area contributed by atoms with Crippen LogP contribution < -0.4 is 11.1 Å². The van der Waals surface area contributed by atoms with Gasteiger partial charge in [-0.3, -0.25) is 19.4 Å². The van der Waals surface area contributed by atoms with Crippen molar-refractivity contribution < 1.29 is 14.7 Å². The van der Waals surface area contributed by atoms with E-state index in [9.17, 15) is 14.7 Å². The van der Waals surface area contributed by atoms with Crippen molar-refractivity contribution in [3.8, 4) is 0 Å². The minimum atomic E-state index is -0.828. The second-order valence-electron chi connectivity index (χ2n) is 12.7. The van der Waals surface area contributed by atoms with Crippen molar-refractivity contribution >= 4 is 23.4 Å². The molecule has 43 heavy (non-hydrogen) atoms. The fourth-order valence-corrected chi connectivity index (χ4v) is 6.78. The summed E-state index contributed by atoms with van der Waals surface area (Å²) in [7, 11) is 0. The third-order valence-electron chi connectivity index (χ3n) is 9.01. The summed E-state index contributed by atoms with van der Waals surface area (Å²) in [6.45, 7) is 10.4. The van der Waals surface area contributed by atoms with Crippen LogP contribution in [0.4, 0.5) is 0 Å². The first kappa shape index (κ1) is 33.4. The Morgan fingerprint density at radius 3 is 2.12 bits per heavy atom. The monoisotopic (exact) mass is 611 g/mol. The van der Waals surface area contributed by atoms with Gasteiger partial charge in [-0.05, 0) is 61.3 Å². The van der Waals surface area contributed by atoms with Crippen LogP contribution in [0.1, 0.15) is 70.0 Å². The topological polar surface area (TPSA) is 102 Å². The second kappa shape index (κ2) is 16.0. The molecule has 0 spiro atoms. The van der Waals surface area contributed by atoms with Crippen LogP contribution in [0.2, 0.25) is 5.02 Å². The molecule has 8 nitrogen and oxygen atoms in total. The number of nitrogens with one attached hydrogen (secondary N) is 1. The molecule has 0 bridgehead atoms. The van der Waals surface area contributed by atoms with Crippen LogP contribution in [0, 0.1) is 5.92 Å². The van der Waals surface area contributed by atoms with E-state index in [1.807, 2.05) is 59.5 Å². The van der Waals surface area contributed by atoms with Gasteiger partial charge in [-0.1, -0.05) is 67.9 Å². The van der Waals surface area contributed by atoms with Crippen LogP contribution in [0.15, 0.2) is 54.6 Å². The number of rotatable bonds is 12. The maximum atomic E-state index is 13.2. The number of benzene rings is 2. The molecule has 2 aromatic rings. The van der Waals surface area contributed by atoms with Gasteiger partial charge in [-0.2, -0.15) is 0 Å². The molecule has 2 saturated heterocycles. The number of likely N-dealkylation sites (tertiary alicyclic amines) is 2. The fourth-order valence-electron chi connectivity index (χ4n) is 6.66. The van der Waals surface area contributed by atoms with Gasteiger partial charge in [0.15, 0.2) is 0 Å². The minimum absolute atomic E-state index is 0.141. The SMILES string of the molecule is CC(=O)N1CCC(N(CC(C)C)C2CCN(C(O)C(Cc3ccc(Cl)cc3)NC(=O)CC(N)c3ccccc3)CC2)CC1. The van der Waals surface area contributed by atoms with Gasteiger partial charge in [-0.25, -0.2) is 0 Å². The summed E-state index contributed by atoms with van der Waals surface area (Å²) >= 11 is 6.12. The van der Waals surface area contributed by atoms with Crippen molar-refractivity contribution in [1.82, 2.24) is 20.0 Å². The van der Waals surface area contributed by atoms with E-state index in [4.69, 9.17) is 17.3 Å². The van der Waals surface area contributed by atoms with Crippen LogP contribution in [0.3, 0.4) is 0 Å². The molecule has 4 N–H and O–H groups in total. The molecular weight excluding hydrogens is 562 g/mol. The summed E-state index contributed by atoms with van der Waals surface area (Å²) in [5.41, 5.74) is 8.26. The van der Waals surface area contributed by atoms with Crippen molar-refractivity contribution in [3.05, 3.63) is 70.7 Å². The average Bonchev–Trinajstić information content (AvgIpc) is 3.00. The Morgan fingerprint density at radius 2 is 1.56 bits per heavy atom. The number of piperidine rings is 2. The molecule has 4 rings (SSSR count). The molecule has 2 aliphatic heterocycles. The lowest BCUT2D eigenvalue weighted by molar-refractivity contribution is -0.131. The van der Waals surface area contributed by atoms with E-state index in [2.05, 4.69) is 29.0 Å². The lowest BCUT2D eigenvalue weighted by atomic mass is 9.94. The maximum Gasteiger partial charge on any atom is 0.222 e. The van der Waals surface area contributed by atoms with E-state index in [0.29, 0.717) is 29.4 Å². The molecule has 2 heterocycles. The Morgan fingerprint density at radius 1 is 0.977 bits per heavy atom. The molecule has 2 fully saturated rings. The highest BCUT2D eigenvalue weighted by molar-refractivity contribution is 6.30. The number of halogens is 1. The third kappa shape index (κ3) is 9.75. The highest BCUT2D eigenvalue weighted by atomic mass is 35.5. The summed E-state index contributed by atoms with van der Waals surface area (Å²) in [6.07, 6.45) is 3.73. The number of carbonyl (C=O) groups is 2. The third-order valence-corrected chi connectivity index (χ3v) is 9.26. The predicted molar refractivity (Wildman–Crippen MR) is 172 cm³/mol. The van der Waals surface area contributed by atoms with E-state index in [-0.39, 0.29) is 18.2 Å². The van der Waals surface area contributed by atoms with Crippen molar-refractivity contribution in [1.29, 1.82) is 0 Å². The summed E-state index contributed by atoms with van der Waals surface area (Å²) in [6, 6.07) is 17.2. The molecule has 236 valence electrons. The summed E-state index contributed by atoms with van der Waals surface area (Å²) in [5, 5.41) is 15.4. The van der Waals surface area contributed by atoms with E-state index < -0.39 is 18.3 Å². The Labute approximate surface area is 262 Å². The Kier molecular flexibility index (Phi) is 12.4. The number of aliphatic hydroxyl groups excluding tert-OH is 1. The number of hydrogen-bond donors (Lipinski definition) is 3. The molecule has 0 aliphatic carbocycles. The van der Waals surface area contributed by atoms with Gasteiger partial charge < -0.3 is 21.1 Å². The predicted octanol–water partition coefficient (Wildman–Crippen LogP) is 4.21. The molecule has 2 aliphatic rings. The van der Waals surface area contributed by atoms with Crippen molar-refractivity contribution in [2.75, 3.05) is 32.7 Å². The van der Waals surface area contributed by atoms with Crippen molar-refractivity contribution in [3.63, 3.8) is 0 Å². The van der Waals surface area contributed by atoms with E-state index in [1.54, 1.807) is 6.92 Å². The normalized spacial score (nSPS) is 19.4. The molecule has 2 amide bonds. The van der Waals surface area contributed by atoms with Gasteiger partial charge in [0.05, 0.1) is 6.04 Å². The standard InChI is InChI=1S/C34H50ClN5O3/c1-24(2)23-40(29-13-17-38(18-14-29)25(3)41)30-15-19-39(20-16-30)34(43)32(21-26-9-11-28(35)12-10-26)37-33(42)22-31(36)27-7-5-4-6-8-27/h4-12,24,29-32,34,43H,13-23,36H2,1-3H3,(H,37,42). The number of amides is 2. The van der Waals surface area contributed by atoms with E-state index >= 15 is 0 Å². The first-order valence-corrected chi connectivity index (χ1v) is 16.3. The first-order chi connectivity index (χ1) is 20.6. The first-order valence-electron chi connectivity index (χ1n) is 15.9. The van der Waals surface area contributed by atoms with Crippen molar-refractivity contribution in [2.24, 2.45) is 11.7 Å². The minimum Gasteiger partial charge on any atom is -0.376 e. The molecule has 0 radical (unpaired) electrons. The van der Waals surface area contributed by atoms with Crippen LogP contribution >= 0.6 is 11.6 Å². The number of aliphatic hydroxyl groups is 1. The van der Waals surface area contributed by atoms with Gasteiger partial charge in [0.25, 0.3) is 0 Å². The zero-order valence-corrected chi connectivity index (χ0v) is 26.8.